The lowest BCUT2D eigenvalue weighted by atomic mass is 9.86. The molecular weight excluding hydrogens is 593 g/mol. The van der Waals surface area contributed by atoms with E-state index < -0.39 is 65.8 Å². The van der Waals surface area contributed by atoms with Crippen LogP contribution in [0.4, 0.5) is 17.6 Å². The minimum absolute atomic E-state index is 0.0905. The van der Waals surface area contributed by atoms with Gasteiger partial charge in [0.1, 0.15) is 11.4 Å². The lowest BCUT2D eigenvalue weighted by molar-refractivity contribution is -0.147. The number of ketones is 1. The summed E-state index contributed by atoms with van der Waals surface area (Å²) in [6, 6.07) is 1.87. The first-order valence-corrected chi connectivity index (χ1v) is 13.9. The minimum Gasteiger partial charge on any atom is -0.497 e. The third-order valence-electron chi connectivity index (χ3n) is 7.81. The number of benzene rings is 1. The molecule has 224 valence electrons. The molecule has 0 bridgehead atoms. The summed E-state index contributed by atoms with van der Waals surface area (Å²) in [5.74, 6) is -3.41. The lowest BCUT2D eigenvalue weighted by Crippen LogP contribution is -2.45. The van der Waals surface area contributed by atoms with Crippen molar-refractivity contribution in [1.29, 1.82) is 0 Å². The zero-order chi connectivity index (χ0) is 30.1. The summed E-state index contributed by atoms with van der Waals surface area (Å²) in [5.41, 5.74) is -4.20. The number of hydrogen-bond acceptors (Lipinski definition) is 5. The van der Waals surface area contributed by atoms with Crippen LogP contribution in [0.15, 0.2) is 18.3 Å². The van der Waals surface area contributed by atoms with Crippen LogP contribution in [0.1, 0.15) is 83.8 Å². The van der Waals surface area contributed by atoms with Crippen LogP contribution in [-0.2, 0) is 11.0 Å². The molecule has 2 saturated carbocycles. The predicted molar refractivity (Wildman–Crippen MR) is 141 cm³/mol. The average Bonchev–Trinajstić information content (AvgIpc) is 3.54. The van der Waals surface area contributed by atoms with Crippen LogP contribution < -0.4 is 4.74 Å². The fourth-order valence-electron chi connectivity index (χ4n) is 5.71. The fraction of sp³-hybridized carbons (Fsp3) is 0.556. The summed E-state index contributed by atoms with van der Waals surface area (Å²) in [6.07, 6.45) is -2.41. The molecule has 0 spiro atoms. The molecule has 2 fully saturated rings. The molecule has 1 amide bonds. The topological polar surface area (TPSA) is 102 Å². The number of aliphatic carboxylic acids is 1. The fourth-order valence-corrected chi connectivity index (χ4v) is 6.39. The number of carbonyl (C=O) groups excluding carboxylic acids is 2. The number of methoxy groups -OCH3 is 1. The van der Waals surface area contributed by atoms with E-state index >= 15 is 4.39 Å². The molecule has 0 radical (unpaired) electrons. The van der Waals surface area contributed by atoms with Gasteiger partial charge in [0.05, 0.1) is 59.5 Å². The van der Waals surface area contributed by atoms with Crippen LogP contribution >= 0.6 is 23.2 Å². The van der Waals surface area contributed by atoms with E-state index in [0.717, 1.165) is 11.1 Å². The number of hydrogen-bond donors (Lipinski definition) is 1. The number of nitrogens with zero attached hydrogens (tertiary/aromatic N) is 3. The molecule has 0 atom stereocenters. The normalized spacial score (nSPS) is 20.6. The maximum atomic E-state index is 15.6. The van der Waals surface area contributed by atoms with Crippen LogP contribution in [0.25, 0.3) is 0 Å². The smallest absolute Gasteiger partial charge is 0.433 e. The van der Waals surface area contributed by atoms with E-state index in [9.17, 15) is 32.7 Å². The Balaban J connectivity index is 1.68. The van der Waals surface area contributed by atoms with E-state index in [4.69, 9.17) is 27.9 Å². The van der Waals surface area contributed by atoms with Crippen LogP contribution in [0.3, 0.4) is 0 Å². The van der Waals surface area contributed by atoms with Crippen molar-refractivity contribution in [3.05, 3.63) is 45.2 Å². The summed E-state index contributed by atoms with van der Waals surface area (Å²) in [7, 11) is 1.36. The van der Waals surface area contributed by atoms with Gasteiger partial charge in [-0.2, -0.15) is 18.3 Å². The second-order valence-corrected chi connectivity index (χ2v) is 11.4. The monoisotopic (exact) mass is 621 g/mol. The number of amides is 1. The van der Waals surface area contributed by atoms with Gasteiger partial charge in [0.25, 0.3) is 5.91 Å². The predicted octanol–water partition coefficient (Wildman–Crippen LogP) is 6.64. The van der Waals surface area contributed by atoms with Crippen LogP contribution in [-0.4, -0.2) is 63.3 Å². The van der Waals surface area contributed by atoms with E-state index in [0.29, 0.717) is 17.5 Å². The van der Waals surface area contributed by atoms with Gasteiger partial charge in [0, 0.05) is 0 Å². The standard InChI is InChI=1S/C27H29Cl2F4N3O5/c1-41-17-10-19(28)22(20(29)11-17)21(37)13-35(14-26(30)8-2-3-9-26)24(38)18-12-34-36(23(18)27(31,32)33)16-6-4-15(5-7-16)25(39)40/h10-12,15-16H,2-9,13-14H2,1H3,(H,39,40). The number of Topliss-reactive ketones (excluding diaryl/α,β-unsaturated/α-hetero) is 1. The Hall–Kier alpha value is -2.86. The molecule has 1 aromatic carbocycles. The first-order valence-electron chi connectivity index (χ1n) is 13.2. The lowest BCUT2D eigenvalue weighted by Gasteiger charge is -2.30. The molecule has 2 aliphatic carbocycles. The maximum absolute atomic E-state index is 15.6. The second-order valence-electron chi connectivity index (χ2n) is 10.6. The molecule has 4 rings (SSSR count). The minimum atomic E-state index is -5.01. The highest BCUT2D eigenvalue weighted by Gasteiger charge is 2.45. The Morgan fingerprint density at radius 2 is 1.71 bits per heavy atom. The number of alkyl halides is 4. The third-order valence-corrected chi connectivity index (χ3v) is 8.41. The van der Waals surface area contributed by atoms with Crippen molar-refractivity contribution in [3.8, 4) is 5.75 Å². The van der Waals surface area contributed by atoms with Gasteiger partial charge < -0.3 is 14.7 Å². The number of ether oxygens (including phenoxy) is 1. The molecule has 0 aliphatic heterocycles. The van der Waals surface area contributed by atoms with E-state index in [1.165, 1.54) is 19.2 Å². The number of carbonyl (C=O) groups is 3. The Morgan fingerprint density at radius 3 is 2.22 bits per heavy atom. The van der Waals surface area contributed by atoms with Gasteiger partial charge in [-0.25, -0.2) is 4.39 Å². The van der Waals surface area contributed by atoms with Crippen molar-refractivity contribution < 1.29 is 41.8 Å². The van der Waals surface area contributed by atoms with Gasteiger partial charge >= 0.3 is 12.1 Å². The quantitative estimate of drug-likeness (QED) is 0.249. The van der Waals surface area contributed by atoms with Crippen molar-refractivity contribution in [1.82, 2.24) is 14.7 Å². The molecule has 41 heavy (non-hydrogen) atoms. The Labute approximate surface area is 243 Å². The van der Waals surface area contributed by atoms with Crippen molar-refractivity contribution in [3.63, 3.8) is 0 Å². The Bertz CT molecular complexity index is 1300. The number of carboxylic acid groups (broad SMARTS) is 1. The van der Waals surface area contributed by atoms with E-state index in [1.807, 2.05) is 0 Å². The van der Waals surface area contributed by atoms with Crippen LogP contribution in [0, 0.1) is 5.92 Å². The number of rotatable bonds is 9. The highest BCUT2D eigenvalue weighted by molar-refractivity contribution is 6.40. The first-order chi connectivity index (χ1) is 19.2. The van der Waals surface area contributed by atoms with E-state index in [-0.39, 0.29) is 59.9 Å². The van der Waals surface area contributed by atoms with Gasteiger partial charge in [-0.15, -0.1) is 0 Å². The highest BCUT2D eigenvalue weighted by Crippen LogP contribution is 2.40. The molecule has 2 aliphatic rings. The SMILES string of the molecule is COc1cc(Cl)c(C(=O)CN(CC2(F)CCCC2)C(=O)c2cnn(C3CCC(C(=O)O)CC3)c2C(F)(F)F)c(Cl)c1. The Kier molecular flexibility index (Phi) is 9.22. The molecule has 1 N–H and O–H groups in total. The molecular formula is C27H29Cl2F4N3O5. The van der Waals surface area contributed by atoms with E-state index in [2.05, 4.69) is 5.10 Å². The van der Waals surface area contributed by atoms with Crippen LogP contribution in [0.2, 0.25) is 10.0 Å². The highest BCUT2D eigenvalue weighted by atomic mass is 35.5. The van der Waals surface area contributed by atoms with Gasteiger partial charge in [0.2, 0.25) is 0 Å². The molecule has 14 heteroatoms. The number of aromatic nitrogens is 2. The zero-order valence-electron chi connectivity index (χ0n) is 22.1. The molecule has 0 unspecified atom stereocenters. The van der Waals surface area contributed by atoms with Gasteiger partial charge in [-0.05, 0) is 50.7 Å². The van der Waals surface area contributed by atoms with Crippen LogP contribution in [0.5, 0.6) is 5.75 Å². The van der Waals surface area contributed by atoms with Gasteiger partial charge in [-0.1, -0.05) is 36.0 Å². The van der Waals surface area contributed by atoms with Crippen molar-refractivity contribution in [2.75, 3.05) is 20.2 Å². The maximum Gasteiger partial charge on any atom is 0.433 e. The number of carboxylic acids is 1. The third kappa shape index (κ3) is 6.80. The van der Waals surface area contributed by atoms with E-state index in [1.54, 1.807) is 0 Å². The summed E-state index contributed by atoms with van der Waals surface area (Å²) in [5, 5.41) is 12.9. The van der Waals surface area contributed by atoms with Crippen molar-refractivity contribution in [2.24, 2.45) is 5.92 Å². The molecule has 8 nitrogen and oxygen atoms in total. The van der Waals surface area contributed by atoms with Crippen molar-refractivity contribution >= 4 is 40.9 Å². The molecule has 1 heterocycles. The molecule has 2 aromatic rings. The Morgan fingerprint density at radius 1 is 1.12 bits per heavy atom. The van der Waals surface area contributed by atoms with Crippen molar-refractivity contribution in [2.45, 2.75) is 69.3 Å². The average molecular weight is 622 g/mol. The first kappa shape index (κ1) is 31.1. The van der Waals surface area contributed by atoms with Gasteiger partial charge in [-0.3, -0.25) is 19.1 Å². The summed E-state index contributed by atoms with van der Waals surface area (Å²) in [6.45, 7) is -1.38. The molecule has 1 aromatic heterocycles. The van der Waals surface area contributed by atoms with Gasteiger partial charge in [0.15, 0.2) is 11.5 Å². The summed E-state index contributed by atoms with van der Waals surface area (Å²) in [4.78, 5) is 39.1. The second kappa shape index (κ2) is 12.2. The largest absolute Gasteiger partial charge is 0.497 e. The number of halogens is 6. The summed E-state index contributed by atoms with van der Waals surface area (Å²) >= 11 is 12.5. The molecule has 0 saturated heterocycles. The zero-order valence-corrected chi connectivity index (χ0v) is 23.7. The summed E-state index contributed by atoms with van der Waals surface area (Å²) < 4.78 is 64.6.